The number of rotatable bonds is 6. The molecular formula is C17H17Cl2NOS. The van der Waals surface area contributed by atoms with E-state index < -0.39 is 0 Å². The molecular weight excluding hydrogens is 337 g/mol. The van der Waals surface area contributed by atoms with E-state index in [-0.39, 0.29) is 5.91 Å². The fourth-order valence-electron chi connectivity index (χ4n) is 1.84. The Morgan fingerprint density at radius 2 is 1.86 bits per heavy atom. The number of thioether (sulfide) groups is 1. The summed E-state index contributed by atoms with van der Waals surface area (Å²) < 4.78 is 0. The topological polar surface area (TPSA) is 29.1 Å². The minimum atomic E-state index is 0.0191. The zero-order valence-corrected chi connectivity index (χ0v) is 14.6. The van der Waals surface area contributed by atoms with Crippen LogP contribution in [0.5, 0.6) is 0 Å². The summed E-state index contributed by atoms with van der Waals surface area (Å²) in [6.07, 6.45) is 0.476. The van der Waals surface area contributed by atoms with Gasteiger partial charge in [-0.25, -0.2) is 0 Å². The average Bonchev–Trinajstić information content (AvgIpc) is 2.48. The number of hydrogen-bond donors (Lipinski definition) is 1. The Bertz CT molecular complexity index is 644. The van der Waals surface area contributed by atoms with Gasteiger partial charge in [0.05, 0.1) is 0 Å². The Labute approximate surface area is 145 Å². The highest BCUT2D eigenvalue weighted by Crippen LogP contribution is 2.21. The quantitative estimate of drug-likeness (QED) is 0.731. The van der Waals surface area contributed by atoms with E-state index in [9.17, 15) is 4.79 Å². The third-order valence-corrected chi connectivity index (χ3v) is 4.71. The Kier molecular flexibility index (Phi) is 6.62. The number of nitrogens with one attached hydrogen (secondary N) is 1. The molecule has 2 aromatic rings. The van der Waals surface area contributed by atoms with E-state index in [1.807, 2.05) is 6.07 Å². The summed E-state index contributed by atoms with van der Waals surface area (Å²) in [4.78, 5) is 13.0. The predicted octanol–water partition coefficient (Wildman–Crippen LogP) is 5.10. The van der Waals surface area contributed by atoms with Gasteiger partial charge in [0.1, 0.15) is 0 Å². The van der Waals surface area contributed by atoms with Crippen molar-refractivity contribution in [2.24, 2.45) is 0 Å². The number of carbonyl (C=O) groups is 1. The van der Waals surface area contributed by atoms with Gasteiger partial charge in [-0.05, 0) is 36.8 Å². The van der Waals surface area contributed by atoms with Crippen molar-refractivity contribution in [1.29, 1.82) is 0 Å². The summed E-state index contributed by atoms with van der Waals surface area (Å²) in [6, 6.07) is 13.6. The van der Waals surface area contributed by atoms with Crippen molar-refractivity contribution < 1.29 is 4.79 Å². The molecule has 0 aliphatic rings. The minimum absolute atomic E-state index is 0.0191. The second kappa shape index (κ2) is 8.47. The first-order valence-corrected chi connectivity index (χ1v) is 8.69. The lowest BCUT2D eigenvalue weighted by atomic mass is 10.2. The molecule has 1 amide bonds. The molecule has 0 fully saturated rings. The molecule has 0 aromatic heterocycles. The van der Waals surface area contributed by atoms with Gasteiger partial charge in [-0.2, -0.15) is 0 Å². The molecule has 0 heterocycles. The third kappa shape index (κ3) is 5.56. The Morgan fingerprint density at radius 3 is 2.55 bits per heavy atom. The van der Waals surface area contributed by atoms with Crippen LogP contribution in [-0.2, 0) is 11.3 Å². The third-order valence-electron chi connectivity index (χ3n) is 3.11. The molecule has 1 N–H and O–H groups in total. The molecule has 0 atom stereocenters. The summed E-state index contributed by atoms with van der Waals surface area (Å²) >= 11 is 13.6. The molecule has 0 aliphatic carbocycles. The minimum Gasteiger partial charge on any atom is -0.352 e. The van der Waals surface area contributed by atoms with E-state index in [1.165, 1.54) is 10.5 Å². The smallest absolute Gasteiger partial charge is 0.221 e. The molecule has 116 valence electrons. The second-order valence-electron chi connectivity index (χ2n) is 4.92. The zero-order valence-electron chi connectivity index (χ0n) is 12.2. The van der Waals surface area contributed by atoms with Crippen molar-refractivity contribution in [3.05, 3.63) is 63.6 Å². The highest BCUT2D eigenvalue weighted by molar-refractivity contribution is 7.99. The van der Waals surface area contributed by atoms with Gasteiger partial charge < -0.3 is 5.32 Å². The molecule has 2 aromatic carbocycles. The Hall–Kier alpha value is -1.16. The van der Waals surface area contributed by atoms with E-state index in [2.05, 4.69) is 36.5 Å². The normalized spacial score (nSPS) is 10.5. The monoisotopic (exact) mass is 353 g/mol. The predicted molar refractivity (Wildman–Crippen MR) is 94.8 cm³/mol. The van der Waals surface area contributed by atoms with Crippen LogP contribution in [0.4, 0.5) is 0 Å². The van der Waals surface area contributed by atoms with E-state index in [1.54, 1.807) is 23.9 Å². The molecule has 0 spiro atoms. The van der Waals surface area contributed by atoms with Crippen molar-refractivity contribution in [2.45, 2.75) is 24.8 Å². The maximum absolute atomic E-state index is 11.8. The first-order chi connectivity index (χ1) is 10.5. The van der Waals surface area contributed by atoms with E-state index >= 15 is 0 Å². The van der Waals surface area contributed by atoms with E-state index in [0.717, 1.165) is 11.3 Å². The van der Waals surface area contributed by atoms with Crippen LogP contribution in [0.25, 0.3) is 0 Å². The van der Waals surface area contributed by atoms with E-state index in [4.69, 9.17) is 23.2 Å². The first kappa shape index (κ1) is 17.2. The van der Waals surface area contributed by atoms with Gasteiger partial charge in [0.25, 0.3) is 0 Å². The van der Waals surface area contributed by atoms with Crippen molar-refractivity contribution in [3.63, 3.8) is 0 Å². The lowest BCUT2D eigenvalue weighted by molar-refractivity contribution is -0.120. The molecule has 0 bridgehead atoms. The summed E-state index contributed by atoms with van der Waals surface area (Å²) in [5.74, 6) is 0.772. The van der Waals surface area contributed by atoms with Gasteiger partial charge in [-0.3, -0.25) is 4.79 Å². The van der Waals surface area contributed by atoms with Crippen LogP contribution in [0, 0.1) is 6.92 Å². The number of amides is 1. The summed E-state index contributed by atoms with van der Waals surface area (Å²) in [6.45, 7) is 2.48. The standard InChI is InChI=1S/C17H17Cl2NOS/c1-12-2-6-15(7-3-12)22-9-8-17(21)20-11-13-4-5-14(18)10-16(13)19/h2-7,10H,8-9,11H2,1H3,(H,20,21). The van der Waals surface area contributed by atoms with Gasteiger partial charge in [0.2, 0.25) is 5.91 Å². The van der Waals surface area contributed by atoms with Crippen molar-refractivity contribution in [2.75, 3.05) is 5.75 Å². The van der Waals surface area contributed by atoms with Crippen LogP contribution in [0.2, 0.25) is 10.0 Å². The molecule has 0 saturated heterocycles. The number of carbonyl (C=O) groups excluding carboxylic acids is 1. The highest BCUT2D eigenvalue weighted by atomic mass is 35.5. The number of benzene rings is 2. The number of halogens is 2. The SMILES string of the molecule is Cc1ccc(SCCC(=O)NCc2ccc(Cl)cc2Cl)cc1. The van der Waals surface area contributed by atoms with Crippen LogP contribution in [0.15, 0.2) is 47.4 Å². The van der Waals surface area contributed by atoms with Gasteiger partial charge in [0, 0.05) is 33.7 Å². The fraction of sp³-hybridized carbons (Fsp3) is 0.235. The molecule has 22 heavy (non-hydrogen) atoms. The summed E-state index contributed by atoms with van der Waals surface area (Å²) in [5.41, 5.74) is 2.10. The van der Waals surface area contributed by atoms with Crippen LogP contribution in [0.3, 0.4) is 0 Å². The van der Waals surface area contributed by atoms with Gasteiger partial charge >= 0.3 is 0 Å². The van der Waals surface area contributed by atoms with Crippen LogP contribution >= 0.6 is 35.0 Å². The van der Waals surface area contributed by atoms with Crippen LogP contribution < -0.4 is 5.32 Å². The van der Waals surface area contributed by atoms with Crippen molar-refractivity contribution in [1.82, 2.24) is 5.32 Å². The first-order valence-electron chi connectivity index (χ1n) is 6.94. The van der Waals surface area contributed by atoms with Crippen molar-refractivity contribution >= 4 is 40.9 Å². The Balaban J connectivity index is 1.72. The summed E-state index contributed by atoms with van der Waals surface area (Å²) in [7, 11) is 0. The van der Waals surface area contributed by atoms with Gasteiger partial charge in [-0.15, -0.1) is 11.8 Å². The molecule has 0 aliphatic heterocycles. The van der Waals surface area contributed by atoms with Gasteiger partial charge in [-0.1, -0.05) is 47.0 Å². The molecule has 2 rings (SSSR count). The average molecular weight is 354 g/mol. The molecule has 0 unspecified atom stereocenters. The molecule has 5 heteroatoms. The lowest BCUT2D eigenvalue weighted by Gasteiger charge is -2.07. The highest BCUT2D eigenvalue weighted by Gasteiger charge is 2.05. The number of hydrogen-bond acceptors (Lipinski definition) is 2. The van der Waals surface area contributed by atoms with Crippen molar-refractivity contribution in [3.8, 4) is 0 Å². The largest absolute Gasteiger partial charge is 0.352 e. The molecule has 0 radical (unpaired) electrons. The second-order valence-corrected chi connectivity index (χ2v) is 6.94. The fourth-order valence-corrected chi connectivity index (χ4v) is 3.17. The zero-order chi connectivity index (χ0) is 15.9. The molecule has 2 nitrogen and oxygen atoms in total. The van der Waals surface area contributed by atoms with Crippen LogP contribution in [0.1, 0.15) is 17.5 Å². The van der Waals surface area contributed by atoms with Crippen LogP contribution in [-0.4, -0.2) is 11.7 Å². The number of aryl methyl sites for hydroxylation is 1. The summed E-state index contributed by atoms with van der Waals surface area (Å²) in [5, 5.41) is 4.04. The maximum Gasteiger partial charge on any atom is 0.221 e. The van der Waals surface area contributed by atoms with Gasteiger partial charge in [0.15, 0.2) is 0 Å². The molecule has 0 saturated carbocycles. The maximum atomic E-state index is 11.8. The Morgan fingerprint density at radius 1 is 1.14 bits per heavy atom. The lowest BCUT2D eigenvalue weighted by Crippen LogP contribution is -2.23. The van der Waals surface area contributed by atoms with E-state index in [0.29, 0.717) is 23.0 Å².